The molecule has 1 saturated heterocycles. The van der Waals surface area contributed by atoms with Crippen molar-refractivity contribution >= 4 is 5.91 Å². The molecule has 0 aliphatic carbocycles. The molecule has 0 radical (unpaired) electrons. The van der Waals surface area contributed by atoms with E-state index in [0.717, 1.165) is 31.5 Å². The Morgan fingerprint density at radius 3 is 2.95 bits per heavy atom. The number of rotatable bonds is 6. The highest BCUT2D eigenvalue weighted by Gasteiger charge is 2.22. The molecule has 1 fully saturated rings. The second kappa shape index (κ2) is 7.33. The predicted molar refractivity (Wildman–Crippen MR) is 71.9 cm³/mol. The van der Waals surface area contributed by atoms with Gasteiger partial charge in [0.1, 0.15) is 18.5 Å². The molecule has 1 aliphatic rings. The van der Waals surface area contributed by atoms with Crippen molar-refractivity contribution in [3.05, 3.63) is 29.8 Å². The molecule has 0 bridgehead atoms. The van der Waals surface area contributed by atoms with Gasteiger partial charge >= 0.3 is 0 Å². The minimum Gasteiger partial charge on any atom is -0.491 e. The van der Waals surface area contributed by atoms with E-state index in [0.29, 0.717) is 0 Å². The maximum absolute atomic E-state index is 12.9. The van der Waals surface area contributed by atoms with Crippen LogP contribution in [-0.2, 0) is 4.79 Å². The molecule has 0 aromatic heterocycles. The summed E-state index contributed by atoms with van der Waals surface area (Å²) in [4.78, 5) is 11.7. The van der Waals surface area contributed by atoms with Crippen LogP contribution in [0.5, 0.6) is 5.75 Å². The highest BCUT2D eigenvalue weighted by molar-refractivity contribution is 5.81. The SMILES string of the molecule is O=C(NCC(O)COc1ccc(F)c(F)c1)C1CCCN1. The number of nitrogens with one attached hydrogen (secondary N) is 2. The Kier molecular flexibility index (Phi) is 5.46. The Hall–Kier alpha value is -1.73. The topological polar surface area (TPSA) is 70.6 Å². The number of ether oxygens (including phenoxy) is 1. The van der Waals surface area contributed by atoms with Crippen LogP contribution in [0.1, 0.15) is 12.8 Å². The molecule has 1 aromatic rings. The van der Waals surface area contributed by atoms with Crippen molar-refractivity contribution in [3.8, 4) is 5.75 Å². The summed E-state index contributed by atoms with van der Waals surface area (Å²) in [5, 5.41) is 15.4. The quantitative estimate of drug-likeness (QED) is 0.718. The molecule has 116 valence electrons. The van der Waals surface area contributed by atoms with E-state index in [9.17, 15) is 18.7 Å². The fourth-order valence-electron chi connectivity index (χ4n) is 2.07. The highest BCUT2D eigenvalue weighted by atomic mass is 19.2. The van der Waals surface area contributed by atoms with E-state index in [4.69, 9.17) is 4.74 Å². The average Bonchev–Trinajstić information content (AvgIpc) is 3.00. The van der Waals surface area contributed by atoms with Crippen molar-refractivity contribution in [3.63, 3.8) is 0 Å². The van der Waals surface area contributed by atoms with Gasteiger partial charge in [0.25, 0.3) is 0 Å². The number of aliphatic hydroxyl groups is 1. The lowest BCUT2D eigenvalue weighted by Gasteiger charge is -2.15. The van der Waals surface area contributed by atoms with Crippen LogP contribution >= 0.6 is 0 Å². The van der Waals surface area contributed by atoms with Crippen LogP contribution in [0.15, 0.2) is 18.2 Å². The molecule has 2 atom stereocenters. The van der Waals surface area contributed by atoms with Crippen molar-refractivity contribution in [2.24, 2.45) is 0 Å². The highest BCUT2D eigenvalue weighted by Crippen LogP contribution is 2.15. The molecule has 2 unspecified atom stereocenters. The Labute approximate surface area is 121 Å². The van der Waals surface area contributed by atoms with Gasteiger partial charge < -0.3 is 20.5 Å². The zero-order chi connectivity index (χ0) is 15.2. The molecule has 0 spiro atoms. The monoisotopic (exact) mass is 300 g/mol. The van der Waals surface area contributed by atoms with Gasteiger partial charge in [0.2, 0.25) is 5.91 Å². The summed E-state index contributed by atoms with van der Waals surface area (Å²) in [6, 6.07) is 2.92. The normalized spacial score (nSPS) is 19.3. The van der Waals surface area contributed by atoms with Gasteiger partial charge in [-0.05, 0) is 31.5 Å². The predicted octanol–water partition coefficient (Wildman–Crippen LogP) is 0.573. The first kappa shape index (κ1) is 15.7. The van der Waals surface area contributed by atoms with E-state index in [1.165, 1.54) is 6.07 Å². The fraction of sp³-hybridized carbons (Fsp3) is 0.500. The van der Waals surface area contributed by atoms with Gasteiger partial charge in [0.15, 0.2) is 11.6 Å². The van der Waals surface area contributed by atoms with E-state index >= 15 is 0 Å². The summed E-state index contributed by atoms with van der Waals surface area (Å²) in [6.45, 7) is 0.740. The first-order chi connectivity index (χ1) is 10.1. The fourth-order valence-corrected chi connectivity index (χ4v) is 2.07. The largest absolute Gasteiger partial charge is 0.491 e. The van der Waals surface area contributed by atoms with Gasteiger partial charge in [0, 0.05) is 12.6 Å². The Morgan fingerprint density at radius 2 is 2.29 bits per heavy atom. The summed E-state index contributed by atoms with van der Waals surface area (Å²) in [5.41, 5.74) is 0. The number of carbonyl (C=O) groups is 1. The van der Waals surface area contributed by atoms with Crippen LogP contribution in [0.2, 0.25) is 0 Å². The molecular weight excluding hydrogens is 282 g/mol. The molecule has 3 N–H and O–H groups in total. The summed E-state index contributed by atoms with van der Waals surface area (Å²) < 4.78 is 30.8. The van der Waals surface area contributed by atoms with Crippen LogP contribution in [0.3, 0.4) is 0 Å². The number of hydrogen-bond acceptors (Lipinski definition) is 4. The lowest BCUT2D eigenvalue weighted by Crippen LogP contribution is -2.44. The Bertz CT molecular complexity index is 493. The molecule has 1 aromatic carbocycles. The van der Waals surface area contributed by atoms with E-state index in [1.54, 1.807) is 0 Å². The minimum atomic E-state index is -1.01. The first-order valence-corrected chi connectivity index (χ1v) is 6.83. The number of carbonyl (C=O) groups excluding carboxylic acids is 1. The number of amides is 1. The van der Waals surface area contributed by atoms with Crippen molar-refractivity contribution in [1.29, 1.82) is 0 Å². The zero-order valence-corrected chi connectivity index (χ0v) is 11.4. The van der Waals surface area contributed by atoms with Crippen molar-refractivity contribution < 1.29 is 23.4 Å². The average molecular weight is 300 g/mol. The van der Waals surface area contributed by atoms with Gasteiger partial charge in [0.05, 0.1) is 6.04 Å². The lowest BCUT2D eigenvalue weighted by molar-refractivity contribution is -0.123. The van der Waals surface area contributed by atoms with Crippen LogP contribution in [-0.4, -0.2) is 42.9 Å². The van der Waals surface area contributed by atoms with Crippen LogP contribution < -0.4 is 15.4 Å². The summed E-state index contributed by atoms with van der Waals surface area (Å²) in [6.07, 6.45) is 0.816. The summed E-state index contributed by atoms with van der Waals surface area (Å²) in [5.74, 6) is -2.00. The zero-order valence-electron chi connectivity index (χ0n) is 11.4. The molecular formula is C14H18F2N2O3. The van der Waals surface area contributed by atoms with E-state index in [2.05, 4.69) is 10.6 Å². The molecule has 7 heteroatoms. The van der Waals surface area contributed by atoms with E-state index in [1.807, 2.05) is 0 Å². The van der Waals surface area contributed by atoms with E-state index < -0.39 is 17.7 Å². The number of benzene rings is 1. The first-order valence-electron chi connectivity index (χ1n) is 6.83. The van der Waals surface area contributed by atoms with Crippen molar-refractivity contribution in [1.82, 2.24) is 10.6 Å². The smallest absolute Gasteiger partial charge is 0.237 e. The molecule has 1 aliphatic heterocycles. The maximum atomic E-state index is 12.9. The maximum Gasteiger partial charge on any atom is 0.237 e. The molecule has 1 heterocycles. The second-order valence-electron chi connectivity index (χ2n) is 4.93. The summed E-state index contributed by atoms with van der Waals surface area (Å²) in [7, 11) is 0. The Balaban J connectivity index is 1.70. The van der Waals surface area contributed by atoms with Gasteiger partial charge in [-0.15, -0.1) is 0 Å². The number of aliphatic hydroxyl groups excluding tert-OH is 1. The van der Waals surface area contributed by atoms with Crippen LogP contribution in [0.25, 0.3) is 0 Å². The molecule has 21 heavy (non-hydrogen) atoms. The molecule has 0 saturated carbocycles. The minimum absolute atomic E-state index is 0.0424. The molecule has 1 amide bonds. The second-order valence-corrected chi connectivity index (χ2v) is 4.93. The van der Waals surface area contributed by atoms with Gasteiger partial charge in [-0.1, -0.05) is 0 Å². The molecule has 5 nitrogen and oxygen atoms in total. The lowest BCUT2D eigenvalue weighted by atomic mass is 10.2. The van der Waals surface area contributed by atoms with Crippen molar-refractivity contribution in [2.45, 2.75) is 25.0 Å². The van der Waals surface area contributed by atoms with Crippen LogP contribution in [0.4, 0.5) is 8.78 Å². The van der Waals surface area contributed by atoms with Gasteiger partial charge in [-0.3, -0.25) is 4.79 Å². The molecule has 2 rings (SSSR count). The number of hydrogen-bond donors (Lipinski definition) is 3. The summed E-state index contributed by atoms with van der Waals surface area (Å²) >= 11 is 0. The van der Waals surface area contributed by atoms with Crippen LogP contribution in [0, 0.1) is 11.6 Å². The van der Waals surface area contributed by atoms with E-state index in [-0.39, 0.29) is 30.9 Å². The van der Waals surface area contributed by atoms with Crippen molar-refractivity contribution in [2.75, 3.05) is 19.7 Å². The third kappa shape index (κ3) is 4.64. The van der Waals surface area contributed by atoms with Gasteiger partial charge in [-0.2, -0.15) is 0 Å². The van der Waals surface area contributed by atoms with Gasteiger partial charge in [-0.25, -0.2) is 8.78 Å². The third-order valence-electron chi connectivity index (χ3n) is 3.22. The third-order valence-corrected chi connectivity index (χ3v) is 3.22. The standard InChI is InChI=1S/C14H18F2N2O3/c15-11-4-3-10(6-12(11)16)21-8-9(19)7-18-14(20)13-2-1-5-17-13/h3-4,6,9,13,17,19H,1-2,5,7-8H2,(H,18,20). The number of halogens is 2. The Morgan fingerprint density at radius 1 is 1.48 bits per heavy atom.